The van der Waals surface area contributed by atoms with Crippen LogP contribution in [0.1, 0.15) is 12.0 Å². The smallest absolute Gasteiger partial charge is 0.135 e. The molecule has 0 aliphatic heterocycles. The Morgan fingerprint density at radius 3 is 2.50 bits per heavy atom. The number of methoxy groups -OCH3 is 2. The van der Waals surface area contributed by atoms with Crippen molar-refractivity contribution in [1.29, 1.82) is 0 Å². The first-order chi connectivity index (χ1) is 9.60. The van der Waals surface area contributed by atoms with E-state index in [4.69, 9.17) is 27.4 Å². The van der Waals surface area contributed by atoms with Crippen LogP contribution in [0.3, 0.4) is 0 Å². The third kappa shape index (κ3) is 5.03. The lowest BCUT2D eigenvalue weighted by Crippen LogP contribution is -2.29. The summed E-state index contributed by atoms with van der Waals surface area (Å²) < 4.78 is 24.0. The summed E-state index contributed by atoms with van der Waals surface area (Å²) in [6, 6.07) is 4.89. The zero-order valence-corrected chi connectivity index (χ0v) is 12.7. The van der Waals surface area contributed by atoms with Crippen molar-refractivity contribution < 1.29 is 13.9 Å². The topological polar surface area (TPSA) is 47.7 Å². The van der Waals surface area contributed by atoms with E-state index in [9.17, 15) is 4.39 Å². The molecule has 0 atom stereocenters. The highest BCUT2D eigenvalue weighted by atomic mass is 32.1. The standard InChI is InChI=1S/C14H21FN2O2S/c1-18-8-3-6-17(7-9-19-2)11-4-5-12(14(16)20)13(15)10-11/h4-5,10H,3,6-9H2,1-2H3,(H2,16,20). The molecule has 0 amide bonds. The Balaban J connectivity index is 2.83. The first-order valence-electron chi connectivity index (χ1n) is 6.42. The highest BCUT2D eigenvalue weighted by Gasteiger charge is 2.11. The van der Waals surface area contributed by atoms with Gasteiger partial charge in [-0.05, 0) is 24.6 Å². The van der Waals surface area contributed by atoms with E-state index in [1.165, 1.54) is 6.07 Å². The number of nitrogens with two attached hydrogens (primary N) is 1. The first kappa shape index (κ1) is 16.8. The van der Waals surface area contributed by atoms with E-state index in [-0.39, 0.29) is 10.6 Å². The second kappa shape index (κ2) is 8.84. The van der Waals surface area contributed by atoms with Crippen LogP contribution in [-0.4, -0.2) is 45.5 Å². The van der Waals surface area contributed by atoms with Gasteiger partial charge in [0.25, 0.3) is 0 Å². The molecule has 0 aromatic heterocycles. The van der Waals surface area contributed by atoms with Crippen molar-refractivity contribution in [3.63, 3.8) is 0 Å². The number of rotatable bonds is 9. The average molecular weight is 300 g/mol. The monoisotopic (exact) mass is 300 g/mol. The Hall–Kier alpha value is -1.24. The molecule has 0 fully saturated rings. The van der Waals surface area contributed by atoms with Gasteiger partial charge in [-0.15, -0.1) is 0 Å². The zero-order valence-electron chi connectivity index (χ0n) is 11.9. The van der Waals surface area contributed by atoms with Crippen LogP contribution in [0.4, 0.5) is 10.1 Å². The molecule has 1 aromatic rings. The SMILES string of the molecule is COCCCN(CCOC)c1ccc(C(N)=S)c(F)c1. The van der Waals surface area contributed by atoms with E-state index < -0.39 is 5.82 Å². The fourth-order valence-electron chi connectivity index (χ4n) is 1.87. The lowest BCUT2D eigenvalue weighted by atomic mass is 10.1. The van der Waals surface area contributed by atoms with Crippen LogP contribution in [0.5, 0.6) is 0 Å². The fourth-order valence-corrected chi connectivity index (χ4v) is 2.04. The molecule has 0 saturated heterocycles. The Labute approximate surface area is 124 Å². The average Bonchev–Trinajstić information content (AvgIpc) is 2.42. The molecular formula is C14H21FN2O2S. The van der Waals surface area contributed by atoms with Gasteiger partial charge < -0.3 is 20.1 Å². The molecule has 0 heterocycles. The summed E-state index contributed by atoms with van der Waals surface area (Å²) in [5, 5.41) is 0. The van der Waals surface area contributed by atoms with Gasteiger partial charge in [-0.2, -0.15) is 0 Å². The summed E-state index contributed by atoms with van der Waals surface area (Å²) in [5.41, 5.74) is 6.52. The minimum Gasteiger partial charge on any atom is -0.389 e. The number of anilines is 1. The van der Waals surface area contributed by atoms with Crippen molar-refractivity contribution in [2.24, 2.45) is 5.73 Å². The van der Waals surface area contributed by atoms with E-state index in [2.05, 4.69) is 4.90 Å². The molecule has 0 unspecified atom stereocenters. The normalized spacial score (nSPS) is 10.6. The second-order valence-electron chi connectivity index (χ2n) is 4.35. The molecule has 0 aliphatic rings. The van der Waals surface area contributed by atoms with E-state index in [0.29, 0.717) is 19.8 Å². The van der Waals surface area contributed by atoms with Gasteiger partial charge in [-0.1, -0.05) is 12.2 Å². The second-order valence-corrected chi connectivity index (χ2v) is 4.79. The third-order valence-electron chi connectivity index (χ3n) is 2.93. The summed E-state index contributed by atoms with van der Waals surface area (Å²) in [4.78, 5) is 2.12. The minimum atomic E-state index is -0.399. The summed E-state index contributed by atoms with van der Waals surface area (Å²) in [6.45, 7) is 2.69. The summed E-state index contributed by atoms with van der Waals surface area (Å²) in [5.74, 6) is -0.399. The largest absolute Gasteiger partial charge is 0.389 e. The Morgan fingerprint density at radius 1 is 1.25 bits per heavy atom. The van der Waals surface area contributed by atoms with Gasteiger partial charge in [0.1, 0.15) is 10.8 Å². The molecule has 4 nitrogen and oxygen atoms in total. The van der Waals surface area contributed by atoms with Crippen LogP contribution in [0.2, 0.25) is 0 Å². The maximum atomic E-state index is 13.9. The van der Waals surface area contributed by atoms with Gasteiger partial charge in [0.2, 0.25) is 0 Å². The Morgan fingerprint density at radius 2 is 1.95 bits per heavy atom. The van der Waals surface area contributed by atoms with Crippen molar-refractivity contribution in [2.75, 3.05) is 45.4 Å². The molecule has 1 rings (SSSR count). The van der Waals surface area contributed by atoms with Crippen LogP contribution < -0.4 is 10.6 Å². The summed E-state index contributed by atoms with van der Waals surface area (Å²) in [6.07, 6.45) is 0.860. The number of nitrogens with zero attached hydrogens (tertiary/aromatic N) is 1. The fraction of sp³-hybridized carbons (Fsp3) is 0.500. The zero-order chi connectivity index (χ0) is 15.0. The van der Waals surface area contributed by atoms with E-state index >= 15 is 0 Å². The molecular weight excluding hydrogens is 279 g/mol. The number of hydrogen-bond acceptors (Lipinski definition) is 4. The molecule has 1 aromatic carbocycles. The van der Waals surface area contributed by atoms with Crippen molar-refractivity contribution in [3.05, 3.63) is 29.6 Å². The van der Waals surface area contributed by atoms with Gasteiger partial charge in [-0.25, -0.2) is 4.39 Å². The first-order valence-corrected chi connectivity index (χ1v) is 6.83. The molecule has 0 radical (unpaired) electrons. The van der Waals surface area contributed by atoms with Crippen molar-refractivity contribution in [1.82, 2.24) is 0 Å². The summed E-state index contributed by atoms with van der Waals surface area (Å²) in [7, 11) is 3.31. The number of ether oxygens (including phenoxy) is 2. The maximum Gasteiger partial charge on any atom is 0.135 e. The number of benzene rings is 1. The van der Waals surface area contributed by atoms with Crippen LogP contribution >= 0.6 is 12.2 Å². The van der Waals surface area contributed by atoms with Crippen LogP contribution in [0, 0.1) is 5.82 Å². The summed E-state index contributed by atoms with van der Waals surface area (Å²) >= 11 is 4.80. The van der Waals surface area contributed by atoms with Crippen molar-refractivity contribution >= 4 is 22.9 Å². The van der Waals surface area contributed by atoms with Gasteiger partial charge >= 0.3 is 0 Å². The molecule has 112 valence electrons. The van der Waals surface area contributed by atoms with Crippen molar-refractivity contribution in [2.45, 2.75) is 6.42 Å². The van der Waals surface area contributed by atoms with Gasteiger partial charge in [0.05, 0.1) is 6.61 Å². The maximum absolute atomic E-state index is 13.9. The molecule has 2 N–H and O–H groups in total. The quantitative estimate of drug-likeness (QED) is 0.558. The number of halogens is 1. The number of hydrogen-bond donors (Lipinski definition) is 1. The Bertz CT molecular complexity index is 443. The predicted molar refractivity (Wildman–Crippen MR) is 82.9 cm³/mol. The predicted octanol–water partition coefficient (Wildman–Crippen LogP) is 1.95. The molecule has 0 saturated carbocycles. The molecule has 6 heteroatoms. The van der Waals surface area contributed by atoms with Gasteiger partial charge in [0.15, 0.2) is 0 Å². The molecule has 0 spiro atoms. The minimum absolute atomic E-state index is 0.0666. The van der Waals surface area contributed by atoms with E-state index in [1.54, 1.807) is 20.3 Å². The molecule has 20 heavy (non-hydrogen) atoms. The van der Waals surface area contributed by atoms with Crippen LogP contribution in [0.15, 0.2) is 18.2 Å². The van der Waals surface area contributed by atoms with Crippen LogP contribution in [0.25, 0.3) is 0 Å². The van der Waals surface area contributed by atoms with Gasteiger partial charge in [0, 0.05) is 45.2 Å². The lowest BCUT2D eigenvalue weighted by Gasteiger charge is -2.25. The van der Waals surface area contributed by atoms with Crippen LogP contribution in [-0.2, 0) is 9.47 Å². The van der Waals surface area contributed by atoms with E-state index in [0.717, 1.165) is 18.7 Å². The number of thiocarbonyl (C=S) groups is 1. The molecule has 0 aliphatic carbocycles. The van der Waals surface area contributed by atoms with Crippen molar-refractivity contribution in [3.8, 4) is 0 Å². The highest BCUT2D eigenvalue weighted by molar-refractivity contribution is 7.80. The highest BCUT2D eigenvalue weighted by Crippen LogP contribution is 2.19. The Kier molecular flexibility index (Phi) is 7.43. The molecule has 0 bridgehead atoms. The van der Waals surface area contributed by atoms with Gasteiger partial charge in [-0.3, -0.25) is 0 Å². The third-order valence-corrected chi connectivity index (χ3v) is 3.15. The van der Waals surface area contributed by atoms with E-state index in [1.807, 2.05) is 6.07 Å². The lowest BCUT2D eigenvalue weighted by molar-refractivity contribution is 0.191.